The third kappa shape index (κ3) is 2.82. The monoisotopic (exact) mass is 244 g/mol. The summed E-state index contributed by atoms with van der Waals surface area (Å²) in [5.41, 5.74) is 1.40. The van der Waals surface area contributed by atoms with Gasteiger partial charge in [0.15, 0.2) is 0 Å². The number of nitrogens with one attached hydrogen (secondary N) is 1. The second-order valence-electron chi connectivity index (χ2n) is 5.11. The van der Waals surface area contributed by atoms with Crippen molar-refractivity contribution in [2.45, 2.75) is 38.4 Å². The Morgan fingerprint density at radius 3 is 2.78 bits per heavy atom. The van der Waals surface area contributed by atoms with E-state index < -0.39 is 0 Å². The molecular weight excluding hydrogens is 220 g/mol. The third-order valence-electron chi connectivity index (χ3n) is 3.97. The van der Waals surface area contributed by atoms with Crippen LogP contribution in [0.15, 0.2) is 43.0 Å². The van der Waals surface area contributed by atoms with Crippen molar-refractivity contribution in [2.75, 3.05) is 13.1 Å². The fourth-order valence-corrected chi connectivity index (χ4v) is 2.69. The topological polar surface area (TPSA) is 15.3 Å². The Hall–Kier alpha value is -1.12. The first-order chi connectivity index (χ1) is 8.76. The van der Waals surface area contributed by atoms with Crippen LogP contribution in [0.5, 0.6) is 0 Å². The van der Waals surface area contributed by atoms with Crippen LogP contribution in [0.1, 0.15) is 31.9 Å². The van der Waals surface area contributed by atoms with Gasteiger partial charge in [-0.05, 0) is 18.9 Å². The van der Waals surface area contributed by atoms with Gasteiger partial charge in [-0.2, -0.15) is 0 Å². The Balaban J connectivity index is 2.19. The number of nitrogens with zero attached hydrogens (tertiary/aromatic N) is 1. The fourth-order valence-electron chi connectivity index (χ4n) is 2.69. The molecule has 2 heteroatoms. The molecule has 1 saturated heterocycles. The minimum absolute atomic E-state index is 0.423. The zero-order valence-electron chi connectivity index (χ0n) is 11.5. The van der Waals surface area contributed by atoms with Crippen molar-refractivity contribution in [3.63, 3.8) is 0 Å². The van der Waals surface area contributed by atoms with Crippen LogP contribution in [0.3, 0.4) is 0 Å². The molecule has 0 radical (unpaired) electrons. The minimum atomic E-state index is 0.423. The highest BCUT2D eigenvalue weighted by atomic mass is 15.2. The Labute approximate surface area is 111 Å². The average Bonchev–Trinajstić information content (AvgIpc) is 2.46. The molecule has 1 aromatic carbocycles. The van der Waals surface area contributed by atoms with Gasteiger partial charge in [0.2, 0.25) is 0 Å². The quantitative estimate of drug-likeness (QED) is 0.819. The molecule has 0 amide bonds. The second-order valence-corrected chi connectivity index (χ2v) is 5.11. The van der Waals surface area contributed by atoms with E-state index in [0.29, 0.717) is 18.1 Å². The van der Waals surface area contributed by atoms with Crippen LogP contribution in [0.4, 0.5) is 0 Å². The minimum Gasteiger partial charge on any atom is -0.311 e. The lowest BCUT2D eigenvalue weighted by Gasteiger charge is -2.43. The second kappa shape index (κ2) is 6.17. The summed E-state index contributed by atoms with van der Waals surface area (Å²) >= 11 is 0. The molecule has 0 bridgehead atoms. The van der Waals surface area contributed by atoms with Gasteiger partial charge in [0.1, 0.15) is 0 Å². The molecular formula is C16H24N2. The van der Waals surface area contributed by atoms with Crippen LogP contribution >= 0.6 is 0 Å². The van der Waals surface area contributed by atoms with Gasteiger partial charge >= 0.3 is 0 Å². The number of hydrogen-bond donors (Lipinski definition) is 1. The summed E-state index contributed by atoms with van der Waals surface area (Å²) in [6.45, 7) is 10.6. The van der Waals surface area contributed by atoms with E-state index in [1.54, 1.807) is 0 Å². The van der Waals surface area contributed by atoms with Crippen molar-refractivity contribution in [2.24, 2.45) is 0 Å². The van der Waals surface area contributed by atoms with Crippen molar-refractivity contribution >= 4 is 0 Å². The van der Waals surface area contributed by atoms with E-state index in [0.717, 1.165) is 13.1 Å². The SMILES string of the molecule is C=CC(C)N1CC(CC)NCC1c1ccccc1. The molecule has 2 rings (SSSR count). The lowest BCUT2D eigenvalue weighted by atomic mass is 9.98. The molecule has 3 unspecified atom stereocenters. The van der Waals surface area contributed by atoms with Crippen molar-refractivity contribution in [3.8, 4) is 0 Å². The third-order valence-corrected chi connectivity index (χ3v) is 3.97. The zero-order chi connectivity index (χ0) is 13.0. The highest BCUT2D eigenvalue weighted by molar-refractivity contribution is 5.21. The molecule has 18 heavy (non-hydrogen) atoms. The molecule has 1 aliphatic rings. The van der Waals surface area contributed by atoms with E-state index in [1.165, 1.54) is 12.0 Å². The van der Waals surface area contributed by atoms with Gasteiger partial charge in [0, 0.05) is 31.2 Å². The summed E-state index contributed by atoms with van der Waals surface area (Å²) in [5, 5.41) is 3.65. The Bertz CT molecular complexity index is 374. The lowest BCUT2D eigenvalue weighted by molar-refractivity contribution is 0.107. The first-order valence-electron chi connectivity index (χ1n) is 6.92. The van der Waals surface area contributed by atoms with Gasteiger partial charge in [-0.3, -0.25) is 4.90 Å². The molecule has 1 aromatic rings. The van der Waals surface area contributed by atoms with Crippen molar-refractivity contribution in [1.82, 2.24) is 10.2 Å². The first kappa shape index (κ1) is 13.3. The molecule has 0 saturated carbocycles. The van der Waals surface area contributed by atoms with Crippen molar-refractivity contribution < 1.29 is 0 Å². The van der Waals surface area contributed by atoms with Crippen LogP contribution in [0.25, 0.3) is 0 Å². The van der Waals surface area contributed by atoms with Gasteiger partial charge in [-0.25, -0.2) is 0 Å². The molecule has 1 heterocycles. The van der Waals surface area contributed by atoms with Gasteiger partial charge < -0.3 is 5.32 Å². The Kier molecular flexibility index (Phi) is 4.56. The van der Waals surface area contributed by atoms with Crippen LogP contribution in [-0.2, 0) is 0 Å². The number of benzene rings is 1. The first-order valence-corrected chi connectivity index (χ1v) is 6.92. The predicted octanol–water partition coefficient (Wildman–Crippen LogP) is 2.99. The van der Waals surface area contributed by atoms with E-state index in [2.05, 4.69) is 61.0 Å². The van der Waals surface area contributed by atoms with Crippen LogP contribution in [-0.4, -0.2) is 30.1 Å². The summed E-state index contributed by atoms with van der Waals surface area (Å²) in [6.07, 6.45) is 3.23. The number of piperazine rings is 1. The van der Waals surface area contributed by atoms with Gasteiger partial charge in [-0.15, -0.1) is 6.58 Å². The Morgan fingerprint density at radius 2 is 2.17 bits per heavy atom. The summed E-state index contributed by atoms with van der Waals surface area (Å²) in [7, 11) is 0. The summed E-state index contributed by atoms with van der Waals surface area (Å²) in [4.78, 5) is 2.56. The summed E-state index contributed by atoms with van der Waals surface area (Å²) in [6, 6.07) is 12.3. The van der Waals surface area contributed by atoms with Crippen LogP contribution in [0, 0.1) is 0 Å². The predicted molar refractivity (Wildman–Crippen MR) is 77.6 cm³/mol. The van der Waals surface area contributed by atoms with Gasteiger partial charge in [-0.1, -0.05) is 43.3 Å². The van der Waals surface area contributed by atoms with E-state index in [-0.39, 0.29) is 0 Å². The average molecular weight is 244 g/mol. The van der Waals surface area contributed by atoms with Crippen molar-refractivity contribution in [3.05, 3.63) is 48.6 Å². The molecule has 98 valence electrons. The molecule has 3 atom stereocenters. The normalized spacial score (nSPS) is 26.8. The molecule has 0 aliphatic carbocycles. The smallest absolute Gasteiger partial charge is 0.0479 e. The highest BCUT2D eigenvalue weighted by Gasteiger charge is 2.30. The summed E-state index contributed by atoms with van der Waals surface area (Å²) < 4.78 is 0. The molecule has 1 N–H and O–H groups in total. The molecule has 1 aliphatic heterocycles. The van der Waals surface area contributed by atoms with Gasteiger partial charge in [0.25, 0.3) is 0 Å². The van der Waals surface area contributed by atoms with E-state index >= 15 is 0 Å². The largest absolute Gasteiger partial charge is 0.311 e. The van der Waals surface area contributed by atoms with Crippen LogP contribution in [0.2, 0.25) is 0 Å². The lowest BCUT2D eigenvalue weighted by Crippen LogP contribution is -2.54. The number of hydrogen-bond acceptors (Lipinski definition) is 2. The van der Waals surface area contributed by atoms with Crippen molar-refractivity contribution in [1.29, 1.82) is 0 Å². The van der Waals surface area contributed by atoms with Gasteiger partial charge in [0.05, 0.1) is 0 Å². The highest BCUT2D eigenvalue weighted by Crippen LogP contribution is 2.26. The molecule has 2 nitrogen and oxygen atoms in total. The summed E-state index contributed by atoms with van der Waals surface area (Å²) in [5.74, 6) is 0. The maximum absolute atomic E-state index is 3.95. The van der Waals surface area contributed by atoms with E-state index in [4.69, 9.17) is 0 Å². The maximum atomic E-state index is 3.95. The molecule has 0 aromatic heterocycles. The van der Waals surface area contributed by atoms with Crippen LogP contribution < -0.4 is 5.32 Å². The molecule has 0 spiro atoms. The maximum Gasteiger partial charge on any atom is 0.0479 e. The van der Waals surface area contributed by atoms with E-state index in [1.807, 2.05) is 6.08 Å². The fraction of sp³-hybridized carbons (Fsp3) is 0.500. The van der Waals surface area contributed by atoms with E-state index in [9.17, 15) is 0 Å². The Morgan fingerprint density at radius 1 is 1.44 bits per heavy atom. The standard InChI is InChI=1S/C16H24N2/c1-4-13(3)18-12-15(5-2)17-11-16(18)14-9-7-6-8-10-14/h4,6-10,13,15-17H,1,5,11-12H2,2-3H3. The number of rotatable bonds is 4. The molecule has 1 fully saturated rings. The zero-order valence-corrected chi connectivity index (χ0v) is 11.5.